The zero-order chi connectivity index (χ0) is 22.8. The average Bonchev–Trinajstić information content (AvgIpc) is 2.90. The van der Waals surface area contributed by atoms with Gasteiger partial charge in [-0.05, 0) is 48.4 Å². The number of fused-ring (bicyclic) bond motifs is 1. The molecule has 0 bridgehead atoms. The zero-order valence-electron chi connectivity index (χ0n) is 17.3. The van der Waals surface area contributed by atoms with E-state index in [9.17, 15) is 9.59 Å². The lowest BCUT2D eigenvalue weighted by molar-refractivity contribution is -0.137. The molecule has 164 valence electrons. The number of hydrogen-bond acceptors (Lipinski definition) is 2. The van der Waals surface area contributed by atoms with Gasteiger partial charge in [-0.1, -0.05) is 60.5 Å². The van der Waals surface area contributed by atoms with Crippen LogP contribution >= 0.6 is 23.2 Å². The number of amides is 2. The minimum atomic E-state index is -0.829. The van der Waals surface area contributed by atoms with E-state index < -0.39 is 17.8 Å². The van der Waals surface area contributed by atoms with Crippen LogP contribution in [0, 0.1) is 5.82 Å². The maximum Gasteiger partial charge on any atom is 0.244 e. The standard InChI is InChI=1S/C25H21Cl2FN2O2/c1-2-18(15-6-5-7-16(26)12-15)25(32)30-14-23(31)29-22-11-10-17(27)13-20(22)24(30)19-8-3-4-9-21(19)28/h3-13,18,24H,2,14H2,1H3,(H,29,31). The Labute approximate surface area is 195 Å². The lowest BCUT2D eigenvalue weighted by Gasteiger charge is -2.33. The number of hydrogen-bond donors (Lipinski definition) is 1. The molecule has 0 aromatic heterocycles. The van der Waals surface area contributed by atoms with E-state index in [1.54, 1.807) is 54.6 Å². The predicted molar refractivity (Wildman–Crippen MR) is 125 cm³/mol. The second kappa shape index (κ2) is 9.31. The third-order valence-electron chi connectivity index (χ3n) is 5.65. The Morgan fingerprint density at radius 3 is 2.53 bits per heavy atom. The normalized spacial score (nSPS) is 16.7. The number of anilines is 1. The first-order chi connectivity index (χ1) is 15.4. The molecule has 2 atom stereocenters. The van der Waals surface area contributed by atoms with Gasteiger partial charge in [0.25, 0.3) is 0 Å². The van der Waals surface area contributed by atoms with E-state index in [4.69, 9.17) is 23.2 Å². The molecule has 0 aliphatic carbocycles. The molecule has 1 aliphatic heterocycles. The lowest BCUT2D eigenvalue weighted by Crippen LogP contribution is -2.41. The second-order valence-corrected chi connectivity index (χ2v) is 8.56. The summed E-state index contributed by atoms with van der Waals surface area (Å²) in [6, 6.07) is 17.5. The topological polar surface area (TPSA) is 49.4 Å². The number of rotatable bonds is 4. The molecule has 1 aliphatic rings. The van der Waals surface area contributed by atoms with E-state index in [0.717, 1.165) is 5.56 Å². The molecule has 0 saturated heterocycles. The van der Waals surface area contributed by atoms with Crippen molar-refractivity contribution in [2.45, 2.75) is 25.3 Å². The summed E-state index contributed by atoms with van der Waals surface area (Å²) in [6.45, 7) is 1.67. The fourth-order valence-electron chi connectivity index (χ4n) is 4.19. The fourth-order valence-corrected chi connectivity index (χ4v) is 4.57. The van der Waals surface area contributed by atoms with Crippen LogP contribution < -0.4 is 5.32 Å². The van der Waals surface area contributed by atoms with Gasteiger partial charge in [0.1, 0.15) is 12.4 Å². The molecule has 4 rings (SSSR count). The Kier molecular flexibility index (Phi) is 6.49. The summed E-state index contributed by atoms with van der Waals surface area (Å²) in [4.78, 5) is 28.1. The monoisotopic (exact) mass is 470 g/mol. The maximum absolute atomic E-state index is 15.0. The summed E-state index contributed by atoms with van der Waals surface area (Å²) in [5.74, 6) is -1.66. The van der Waals surface area contributed by atoms with Gasteiger partial charge in [0.05, 0.1) is 12.0 Å². The van der Waals surface area contributed by atoms with Gasteiger partial charge in [0, 0.05) is 26.9 Å². The highest BCUT2D eigenvalue weighted by Gasteiger charge is 2.37. The van der Waals surface area contributed by atoms with Crippen molar-refractivity contribution in [3.05, 3.63) is 99.3 Å². The number of carbonyl (C=O) groups is 2. The summed E-state index contributed by atoms with van der Waals surface area (Å²) in [6.07, 6.45) is 0.490. The molecule has 1 N–H and O–H groups in total. The van der Waals surface area contributed by atoms with Crippen LogP contribution in [0.15, 0.2) is 66.7 Å². The molecule has 1 heterocycles. The highest BCUT2D eigenvalue weighted by Crippen LogP contribution is 2.40. The third-order valence-corrected chi connectivity index (χ3v) is 6.12. The molecule has 3 aromatic carbocycles. The highest BCUT2D eigenvalue weighted by atomic mass is 35.5. The number of benzene rings is 3. The molecule has 0 saturated carbocycles. The van der Waals surface area contributed by atoms with Crippen LogP contribution in [-0.4, -0.2) is 23.3 Å². The predicted octanol–water partition coefficient (Wildman–Crippen LogP) is 6.20. The number of nitrogens with one attached hydrogen (secondary N) is 1. The van der Waals surface area contributed by atoms with E-state index in [-0.39, 0.29) is 18.4 Å². The first kappa shape index (κ1) is 22.3. The summed E-state index contributed by atoms with van der Waals surface area (Å²) >= 11 is 12.4. The van der Waals surface area contributed by atoms with Crippen molar-refractivity contribution in [1.29, 1.82) is 0 Å². The van der Waals surface area contributed by atoms with Crippen LogP contribution in [-0.2, 0) is 9.59 Å². The van der Waals surface area contributed by atoms with Crippen LogP contribution in [0.4, 0.5) is 10.1 Å². The van der Waals surface area contributed by atoms with Crippen LogP contribution in [0.1, 0.15) is 42.0 Å². The molecule has 4 nitrogen and oxygen atoms in total. The van der Waals surface area contributed by atoms with Gasteiger partial charge >= 0.3 is 0 Å². The number of carbonyl (C=O) groups excluding carboxylic acids is 2. The maximum atomic E-state index is 15.0. The lowest BCUT2D eigenvalue weighted by atomic mass is 9.91. The molecule has 3 aromatic rings. The van der Waals surface area contributed by atoms with E-state index in [0.29, 0.717) is 33.3 Å². The van der Waals surface area contributed by atoms with E-state index >= 15 is 4.39 Å². The van der Waals surface area contributed by atoms with E-state index in [2.05, 4.69) is 5.32 Å². The van der Waals surface area contributed by atoms with Gasteiger partial charge in [-0.2, -0.15) is 0 Å². The van der Waals surface area contributed by atoms with Gasteiger partial charge < -0.3 is 10.2 Å². The van der Waals surface area contributed by atoms with Crippen LogP contribution in [0.3, 0.4) is 0 Å². The van der Waals surface area contributed by atoms with Crippen molar-refractivity contribution in [2.75, 3.05) is 11.9 Å². The summed E-state index contributed by atoms with van der Waals surface area (Å²) in [7, 11) is 0. The summed E-state index contributed by atoms with van der Waals surface area (Å²) in [5.41, 5.74) is 2.09. The molecule has 2 unspecified atom stereocenters. The SMILES string of the molecule is CCC(C(=O)N1CC(=O)Nc2ccc(Cl)cc2C1c1ccccc1F)c1cccc(Cl)c1. The first-order valence-corrected chi connectivity index (χ1v) is 11.0. The third kappa shape index (κ3) is 4.36. The first-order valence-electron chi connectivity index (χ1n) is 10.3. The number of halogens is 3. The summed E-state index contributed by atoms with van der Waals surface area (Å²) < 4.78 is 15.0. The van der Waals surface area contributed by atoms with E-state index in [1.807, 2.05) is 13.0 Å². The van der Waals surface area contributed by atoms with Gasteiger partial charge in [-0.25, -0.2) is 4.39 Å². The Morgan fingerprint density at radius 1 is 1.06 bits per heavy atom. The van der Waals surface area contributed by atoms with Crippen LogP contribution in [0.5, 0.6) is 0 Å². The summed E-state index contributed by atoms with van der Waals surface area (Å²) in [5, 5.41) is 3.77. The van der Waals surface area contributed by atoms with Crippen LogP contribution in [0.2, 0.25) is 10.0 Å². The second-order valence-electron chi connectivity index (χ2n) is 7.69. The van der Waals surface area contributed by atoms with Gasteiger partial charge in [0.2, 0.25) is 11.8 Å². The van der Waals surface area contributed by atoms with Gasteiger partial charge in [0.15, 0.2) is 0 Å². The van der Waals surface area contributed by atoms with Crippen LogP contribution in [0.25, 0.3) is 0 Å². The molecule has 32 heavy (non-hydrogen) atoms. The Morgan fingerprint density at radius 2 is 1.81 bits per heavy atom. The average molecular weight is 471 g/mol. The zero-order valence-corrected chi connectivity index (χ0v) is 18.8. The minimum Gasteiger partial charge on any atom is -0.324 e. The molecule has 7 heteroatoms. The number of nitrogens with zero attached hydrogens (tertiary/aromatic N) is 1. The van der Waals surface area contributed by atoms with Crippen molar-refractivity contribution in [2.24, 2.45) is 0 Å². The highest BCUT2D eigenvalue weighted by molar-refractivity contribution is 6.31. The minimum absolute atomic E-state index is 0.221. The van der Waals surface area contributed by atoms with Crippen molar-refractivity contribution >= 4 is 40.7 Å². The Balaban J connectivity index is 1.88. The molecule has 2 amide bonds. The van der Waals surface area contributed by atoms with Crippen molar-refractivity contribution < 1.29 is 14.0 Å². The molecule has 0 radical (unpaired) electrons. The van der Waals surface area contributed by atoms with Crippen molar-refractivity contribution in [3.8, 4) is 0 Å². The Bertz CT molecular complexity index is 1180. The Hall–Kier alpha value is -2.89. The van der Waals surface area contributed by atoms with Gasteiger partial charge in [-0.15, -0.1) is 0 Å². The molecule has 0 spiro atoms. The smallest absolute Gasteiger partial charge is 0.244 e. The van der Waals surface area contributed by atoms with E-state index in [1.165, 1.54) is 11.0 Å². The van der Waals surface area contributed by atoms with Gasteiger partial charge in [-0.3, -0.25) is 9.59 Å². The van der Waals surface area contributed by atoms with Crippen molar-refractivity contribution in [1.82, 2.24) is 4.90 Å². The quantitative estimate of drug-likeness (QED) is 0.493. The molecular weight excluding hydrogens is 450 g/mol. The largest absolute Gasteiger partial charge is 0.324 e. The molecule has 0 fully saturated rings. The fraction of sp³-hybridized carbons (Fsp3) is 0.200. The molecular formula is C25H21Cl2FN2O2. The van der Waals surface area contributed by atoms with Crippen molar-refractivity contribution in [3.63, 3.8) is 0 Å².